The maximum absolute atomic E-state index is 10.7. The smallest absolute Gasteiger partial charge is 0.312 e. The molecule has 12 heavy (non-hydrogen) atoms. The van der Waals surface area contributed by atoms with Crippen LogP contribution in [-0.2, 0) is 0 Å². The SMILES string of the molecule is O=c1[nH]cc(-c2ccccn2)[nH]1. The van der Waals surface area contributed by atoms with Gasteiger partial charge in [0.05, 0.1) is 11.4 Å². The van der Waals surface area contributed by atoms with Crippen LogP contribution in [0.3, 0.4) is 0 Å². The third-order valence-electron chi connectivity index (χ3n) is 1.54. The van der Waals surface area contributed by atoms with E-state index in [1.54, 1.807) is 12.4 Å². The lowest BCUT2D eigenvalue weighted by molar-refractivity contribution is 1.18. The van der Waals surface area contributed by atoms with Crippen LogP contribution >= 0.6 is 0 Å². The molecule has 4 heteroatoms. The highest BCUT2D eigenvalue weighted by Crippen LogP contribution is 2.08. The Balaban J connectivity index is 2.51. The lowest BCUT2D eigenvalue weighted by atomic mass is 10.3. The van der Waals surface area contributed by atoms with Gasteiger partial charge >= 0.3 is 5.69 Å². The minimum Gasteiger partial charge on any atom is -0.312 e. The first kappa shape index (κ1) is 6.84. The number of aromatic nitrogens is 3. The van der Waals surface area contributed by atoms with Crippen molar-refractivity contribution in [1.29, 1.82) is 0 Å². The van der Waals surface area contributed by atoms with Gasteiger partial charge in [0.2, 0.25) is 0 Å². The van der Waals surface area contributed by atoms with Gasteiger partial charge in [-0.25, -0.2) is 4.79 Å². The van der Waals surface area contributed by atoms with Gasteiger partial charge in [0.15, 0.2) is 0 Å². The molecule has 0 bridgehead atoms. The second-order valence-corrected chi connectivity index (χ2v) is 2.37. The summed E-state index contributed by atoms with van der Waals surface area (Å²) in [7, 11) is 0. The van der Waals surface area contributed by atoms with E-state index >= 15 is 0 Å². The predicted molar refractivity (Wildman–Crippen MR) is 44.6 cm³/mol. The molecule has 0 spiro atoms. The Labute approximate surface area is 68.3 Å². The average molecular weight is 161 g/mol. The average Bonchev–Trinajstić information content (AvgIpc) is 2.54. The van der Waals surface area contributed by atoms with Crippen LogP contribution in [0.15, 0.2) is 35.4 Å². The molecule has 2 rings (SSSR count). The van der Waals surface area contributed by atoms with Crippen molar-refractivity contribution < 1.29 is 0 Å². The van der Waals surface area contributed by atoms with Crippen LogP contribution in [0.25, 0.3) is 11.4 Å². The second kappa shape index (κ2) is 2.65. The van der Waals surface area contributed by atoms with Gasteiger partial charge < -0.3 is 9.97 Å². The van der Waals surface area contributed by atoms with Crippen LogP contribution in [0.2, 0.25) is 0 Å². The van der Waals surface area contributed by atoms with Crippen molar-refractivity contribution >= 4 is 0 Å². The summed E-state index contributed by atoms with van der Waals surface area (Å²) in [6, 6.07) is 5.53. The molecule has 0 radical (unpaired) electrons. The summed E-state index contributed by atoms with van der Waals surface area (Å²) in [5, 5.41) is 0. The van der Waals surface area contributed by atoms with E-state index in [0.717, 1.165) is 5.69 Å². The molecule has 4 nitrogen and oxygen atoms in total. The Bertz CT molecular complexity index is 415. The molecule has 2 aromatic heterocycles. The van der Waals surface area contributed by atoms with Crippen molar-refractivity contribution in [2.75, 3.05) is 0 Å². The summed E-state index contributed by atoms with van der Waals surface area (Å²) in [4.78, 5) is 19.9. The lowest BCUT2D eigenvalue weighted by Crippen LogP contribution is -2.00. The molecule has 0 aliphatic heterocycles. The number of aromatic amines is 2. The molecule has 0 aliphatic carbocycles. The zero-order chi connectivity index (χ0) is 8.39. The van der Waals surface area contributed by atoms with Crippen LogP contribution in [0, 0.1) is 0 Å². The minimum absolute atomic E-state index is 0.212. The van der Waals surface area contributed by atoms with E-state index in [-0.39, 0.29) is 5.69 Å². The van der Waals surface area contributed by atoms with Gasteiger partial charge in [-0.05, 0) is 12.1 Å². The maximum atomic E-state index is 10.7. The number of hydrogen-bond acceptors (Lipinski definition) is 2. The summed E-state index contributed by atoms with van der Waals surface area (Å²) in [6.07, 6.45) is 3.28. The molecule has 0 aromatic carbocycles. The second-order valence-electron chi connectivity index (χ2n) is 2.37. The normalized spacial score (nSPS) is 10.0. The first-order chi connectivity index (χ1) is 5.86. The van der Waals surface area contributed by atoms with Crippen molar-refractivity contribution in [3.05, 3.63) is 41.1 Å². The lowest BCUT2D eigenvalue weighted by Gasteiger charge is -1.92. The number of hydrogen-bond donors (Lipinski definition) is 2. The van der Waals surface area contributed by atoms with E-state index in [0.29, 0.717) is 5.69 Å². The molecular weight excluding hydrogens is 154 g/mol. The van der Waals surface area contributed by atoms with Crippen molar-refractivity contribution in [1.82, 2.24) is 15.0 Å². The minimum atomic E-state index is -0.212. The maximum Gasteiger partial charge on any atom is 0.323 e. The van der Waals surface area contributed by atoms with Gasteiger partial charge in [-0.3, -0.25) is 4.98 Å². The molecule has 0 fully saturated rings. The summed E-state index contributed by atoms with van der Waals surface area (Å²) in [5.74, 6) is 0. The van der Waals surface area contributed by atoms with Crippen LogP contribution in [0.4, 0.5) is 0 Å². The van der Waals surface area contributed by atoms with Gasteiger partial charge in [-0.2, -0.15) is 0 Å². The number of nitrogens with zero attached hydrogens (tertiary/aromatic N) is 1. The van der Waals surface area contributed by atoms with E-state index in [2.05, 4.69) is 15.0 Å². The fraction of sp³-hybridized carbons (Fsp3) is 0. The van der Waals surface area contributed by atoms with Crippen LogP contribution in [-0.4, -0.2) is 15.0 Å². The highest BCUT2D eigenvalue weighted by atomic mass is 16.1. The number of imidazole rings is 1. The number of pyridine rings is 1. The van der Waals surface area contributed by atoms with Crippen molar-refractivity contribution in [2.24, 2.45) is 0 Å². The third kappa shape index (κ3) is 1.14. The Hall–Kier alpha value is -1.84. The zero-order valence-corrected chi connectivity index (χ0v) is 6.24. The fourth-order valence-corrected chi connectivity index (χ4v) is 0.992. The Morgan fingerprint density at radius 2 is 2.25 bits per heavy atom. The monoisotopic (exact) mass is 161 g/mol. The molecule has 2 aromatic rings. The molecule has 0 saturated carbocycles. The number of H-pyrrole nitrogens is 2. The van der Waals surface area contributed by atoms with Gasteiger partial charge in [0.25, 0.3) is 0 Å². The number of rotatable bonds is 1. The highest BCUT2D eigenvalue weighted by Gasteiger charge is 1.98. The van der Waals surface area contributed by atoms with Gasteiger partial charge in [-0.15, -0.1) is 0 Å². The summed E-state index contributed by atoms with van der Waals surface area (Å²) in [6.45, 7) is 0. The zero-order valence-electron chi connectivity index (χ0n) is 6.24. The van der Waals surface area contributed by atoms with Gasteiger partial charge in [0, 0.05) is 12.4 Å². The first-order valence-corrected chi connectivity index (χ1v) is 3.55. The molecule has 0 saturated heterocycles. The molecule has 0 aliphatic rings. The van der Waals surface area contributed by atoms with Crippen LogP contribution in [0.5, 0.6) is 0 Å². The molecule has 0 amide bonds. The van der Waals surface area contributed by atoms with E-state index in [9.17, 15) is 4.79 Å². The van der Waals surface area contributed by atoms with Gasteiger partial charge in [-0.1, -0.05) is 6.07 Å². The molecule has 0 atom stereocenters. The van der Waals surface area contributed by atoms with Crippen LogP contribution in [0.1, 0.15) is 0 Å². The Kier molecular flexibility index (Phi) is 1.51. The highest BCUT2D eigenvalue weighted by molar-refractivity contribution is 5.51. The summed E-state index contributed by atoms with van der Waals surface area (Å²) < 4.78 is 0. The van der Waals surface area contributed by atoms with Crippen molar-refractivity contribution in [3.63, 3.8) is 0 Å². The number of nitrogens with one attached hydrogen (secondary N) is 2. The topological polar surface area (TPSA) is 61.5 Å². The van der Waals surface area contributed by atoms with Crippen LogP contribution < -0.4 is 5.69 Å². The molecule has 2 heterocycles. The van der Waals surface area contributed by atoms with Gasteiger partial charge in [0.1, 0.15) is 0 Å². The summed E-state index contributed by atoms with van der Waals surface area (Å²) in [5.41, 5.74) is 1.26. The van der Waals surface area contributed by atoms with E-state index < -0.39 is 0 Å². The van der Waals surface area contributed by atoms with E-state index in [1.165, 1.54) is 0 Å². The van der Waals surface area contributed by atoms with E-state index in [1.807, 2.05) is 18.2 Å². The quantitative estimate of drug-likeness (QED) is 0.648. The molecule has 0 unspecified atom stereocenters. The fourth-order valence-electron chi connectivity index (χ4n) is 0.992. The molecule has 2 N–H and O–H groups in total. The Morgan fingerprint density at radius 1 is 1.33 bits per heavy atom. The Morgan fingerprint density at radius 3 is 2.83 bits per heavy atom. The molecule has 60 valence electrons. The first-order valence-electron chi connectivity index (χ1n) is 3.55. The third-order valence-corrected chi connectivity index (χ3v) is 1.54. The van der Waals surface area contributed by atoms with Crippen molar-refractivity contribution in [2.45, 2.75) is 0 Å². The largest absolute Gasteiger partial charge is 0.323 e. The summed E-state index contributed by atoms with van der Waals surface area (Å²) >= 11 is 0. The standard InChI is InChI=1S/C8H7N3O/c12-8-10-5-7(11-8)6-3-1-2-4-9-6/h1-5H,(H2,10,11,12). The van der Waals surface area contributed by atoms with Crippen molar-refractivity contribution in [3.8, 4) is 11.4 Å². The predicted octanol–water partition coefficient (Wildman–Crippen LogP) is 0.765. The molecular formula is C8H7N3O. The van der Waals surface area contributed by atoms with E-state index in [4.69, 9.17) is 0 Å².